The number of aryl methyl sites for hydroxylation is 1. The molecule has 0 saturated heterocycles. The van der Waals surface area contributed by atoms with Crippen molar-refractivity contribution < 1.29 is 9.84 Å². The number of aliphatic hydroxyl groups is 1. The van der Waals surface area contributed by atoms with Crippen molar-refractivity contribution in [1.82, 2.24) is 0 Å². The lowest BCUT2D eigenvalue weighted by Crippen LogP contribution is -2.14. The first-order valence-corrected chi connectivity index (χ1v) is 4.90. The fourth-order valence-corrected chi connectivity index (χ4v) is 1.16. The minimum atomic E-state index is -0.680. The van der Waals surface area contributed by atoms with Gasteiger partial charge in [0.15, 0.2) is 0 Å². The topological polar surface area (TPSA) is 53.2 Å². The lowest BCUT2D eigenvalue weighted by molar-refractivity contribution is 0.0309. The van der Waals surface area contributed by atoms with Gasteiger partial charge in [0, 0.05) is 0 Å². The third kappa shape index (κ3) is 4.59. The maximum absolute atomic E-state index is 9.22. The van der Waals surface area contributed by atoms with Gasteiger partial charge in [-0.3, -0.25) is 0 Å². The summed E-state index contributed by atoms with van der Waals surface area (Å²) >= 11 is 0. The van der Waals surface area contributed by atoms with Crippen LogP contribution in [0.2, 0.25) is 0 Å². The van der Waals surface area contributed by atoms with E-state index in [1.807, 2.05) is 37.3 Å². The number of aliphatic hydroxyl groups excluding tert-OH is 1. The molecule has 0 radical (unpaired) electrons. The molecule has 1 aromatic rings. The molecule has 0 aliphatic rings. The zero-order valence-electron chi connectivity index (χ0n) is 8.81. The second-order valence-electron chi connectivity index (χ2n) is 3.52. The SMILES string of the molecule is Cc1ccc(COCC(O)CC#N)cc1. The Labute approximate surface area is 89.9 Å². The molecular weight excluding hydrogens is 190 g/mol. The molecule has 3 nitrogen and oxygen atoms in total. The van der Waals surface area contributed by atoms with Crippen molar-refractivity contribution in [2.45, 2.75) is 26.1 Å². The summed E-state index contributed by atoms with van der Waals surface area (Å²) in [6.45, 7) is 2.71. The molecule has 0 saturated carbocycles. The van der Waals surface area contributed by atoms with E-state index in [1.165, 1.54) is 5.56 Å². The summed E-state index contributed by atoms with van der Waals surface area (Å²) < 4.78 is 5.27. The van der Waals surface area contributed by atoms with E-state index in [0.29, 0.717) is 6.61 Å². The van der Waals surface area contributed by atoms with Gasteiger partial charge in [0.05, 0.1) is 31.8 Å². The molecule has 0 heterocycles. The number of hydrogen-bond donors (Lipinski definition) is 1. The summed E-state index contributed by atoms with van der Waals surface area (Å²) in [5.41, 5.74) is 2.29. The maximum Gasteiger partial charge on any atom is 0.0903 e. The molecule has 1 aromatic carbocycles. The average Bonchev–Trinajstić information content (AvgIpc) is 2.21. The summed E-state index contributed by atoms with van der Waals surface area (Å²) in [4.78, 5) is 0. The van der Waals surface area contributed by atoms with Crippen LogP contribution in [0.5, 0.6) is 0 Å². The fraction of sp³-hybridized carbons (Fsp3) is 0.417. The van der Waals surface area contributed by atoms with Crippen molar-refractivity contribution >= 4 is 0 Å². The maximum atomic E-state index is 9.22. The monoisotopic (exact) mass is 205 g/mol. The number of benzene rings is 1. The Balaban J connectivity index is 2.26. The van der Waals surface area contributed by atoms with Crippen molar-refractivity contribution in [3.05, 3.63) is 35.4 Å². The Kier molecular flexibility index (Phi) is 4.82. The third-order valence-electron chi connectivity index (χ3n) is 2.03. The minimum Gasteiger partial charge on any atom is -0.390 e. The molecule has 3 heteroatoms. The number of hydrogen-bond acceptors (Lipinski definition) is 3. The molecule has 0 amide bonds. The number of nitriles is 1. The predicted molar refractivity (Wildman–Crippen MR) is 57.1 cm³/mol. The van der Waals surface area contributed by atoms with E-state index in [9.17, 15) is 5.11 Å². The largest absolute Gasteiger partial charge is 0.390 e. The van der Waals surface area contributed by atoms with Crippen LogP contribution >= 0.6 is 0 Å². The van der Waals surface area contributed by atoms with Crippen molar-refractivity contribution in [3.8, 4) is 6.07 Å². The van der Waals surface area contributed by atoms with Crippen LogP contribution in [0, 0.1) is 18.3 Å². The minimum absolute atomic E-state index is 0.119. The second kappa shape index (κ2) is 6.18. The summed E-state index contributed by atoms with van der Waals surface area (Å²) in [5, 5.41) is 17.5. The van der Waals surface area contributed by atoms with E-state index in [-0.39, 0.29) is 13.0 Å². The number of rotatable bonds is 5. The zero-order valence-corrected chi connectivity index (χ0v) is 8.81. The van der Waals surface area contributed by atoms with Gasteiger partial charge in [-0.15, -0.1) is 0 Å². The Morgan fingerprint density at radius 1 is 1.40 bits per heavy atom. The fourth-order valence-electron chi connectivity index (χ4n) is 1.16. The van der Waals surface area contributed by atoms with Crippen molar-refractivity contribution in [3.63, 3.8) is 0 Å². The van der Waals surface area contributed by atoms with Gasteiger partial charge in [0.2, 0.25) is 0 Å². The van der Waals surface area contributed by atoms with Crippen LogP contribution in [-0.2, 0) is 11.3 Å². The predicted octanol–water partition coefficient (Wildman–Crippen LogP) is 1.79. The summed E-state index contributed by atoms with van der Waals surface area (Å²) in [7, 11) is 0. The molecule has 0 aromatic heterocycles. The van der Waals surface area contributed by atoms with Gasteiger partial charge in [-0.05, 0) is 12.5 Å². The summed E-state index contributed by atoms with van der Waals surface area (Å²) in [6.07, 6.45) is -0.561. The second-order valence-corrected chi connectivity index (χ2v) is 3.52. The zero-order chi connectivity index (χ0) is 11.1. The molecule has 0 fully saturated rings. The molecule has 1 rings (SSSR count). The highest BCUT2D eigenvalue weighted by atomic mass is 16.5. The van der Waals surface area contributed by atoms with E-state index in [1.54, 1.807) is 0 Å². The molecule has 1 N–H and O–H groups in total. The van der Waals surface area contributed by atoms with E-state index in [0.717, 1.165) is 5.56 Å². The lowest BCUT2D eigenvalue weighted by atomic mass is 10.2. The van der Waals surface area contributed by atoms with Crippen molar-refractivity contribution in [1.29, 1.82) is 5.26 Å². The Hall–Kier alpha value is -1.37. The lowest BCUT2D eigenvalue weighted by Gasteiger charge is -2.07. The number of ether oxygens (including phenoxy) is 1. The van der Waals surface area contributed by atoms with Crippen LogP contribution in [0.3, 0.4) is 0 Å². The molecular formula is C12H15NO2. The van der Waals surface area contributed by atoms with E-state index < -0.39 is 6.10 Å². The first-order chi connectivity index (χ1) is 7.22. The van der Waals surface area contributed by atoms with Gasteiger partial charge in [-0.25, -0.2) is 0 Å². The Morgan fingerprint density at radius 2 is 2.07 bits per heavy atom. The van der Waals surface area contributed by atoms with Gasteiger partial charge in [-0.1, -0.05) is 29.8 Å². The normalized spacial score (nSPS) is 12.1. The van der Waals surface area contributed by atoms with Gasteiger partial charge in [-0.2, -0.15) is 5.26 Å². The van der Waals surface area contributed by atoms with Crippen LogP contribution < -0.4 is 0 Å². The first kappa shape index (κ1) is 11.7. The Bertz CT molecular complexity index is 326. The first-order valence-electron chi connectivity index (χ1n) is 4.90. The molecule has 0 bridgehead atoms. The van der Waals surface area contributed by atoms with Crippen LogP contribution in [-0.4, -0.2) is 17.8 Å². The van der Waals surface area contributed by atoms with E-state index >= 15 is 0 Å². The molecule has 0 aliphatic carbocycles. The van der Waals surface area contributed by atoms with Crippen LogP contribution in [0.15, 0.2) is 24.3 Å². The quantitative estimate of drug-likeness (QED) is 0.797. The smallest absolute Gasteiger partial charge is 0.0903 e. The molecule has 1 atom stereocenters. The third-order valence-corrected chi connectivity index (χ3v) is 2.03. The van der Waals surface area contributed by atoms with Gasteiger partial charge in [0.25, 0.3) is 0 Å². The van der Waals surface area contributed by atoms with Gasteiger partial charge < -0.3 is 9.84 Å². The summed E-state index contributed by atoms with van der Waals surface area (Å²) in [6, 6.07) is 9.91. The average molecular weight is 205 g/mol. The van der Waals surface area contributed by atoms with Crippen molar-refractivity contribution in [2.24, 2.45) is 0 Å². The van der Waals surface area contributed by atoms with Crippen LogP contribution in [0.25, 0.3) is 0 Å². The van der Waals surface area contributed by atoms with Gasteiger partial charge >= 0.3 is 0 Å². The molecule has 1 unspecified atom stereocenters. The summed E-state index contributed by atoms with van der Waals surface area (Å²) in [5.74, 6) is 0. The number of nitrogens with zero attached hydrogens (tertiary/aromatic N) is 1. The standard InChI is InChI=1S/C12H15NO2/c1-10-2-4-11(5-3-10)8-15-9-12(14)6-7-13/h2-5,12,14H,6,8-9H2,1H3. The molecule has 80 valence electrons. The highest BCUT2D eigenvalue weighted by Crippen LogP contribution is 2.05. The van der Waals surface area contributed by atoms with Crippen molar-refractivity contribution in [2.75, 3.05) is 6.61 Å². The van der Waals surface area contributed by atoms with Gasteiger partial charge in [0.1, 0.15) is 0 Å². The Morgan fingerprint density at radius 3 is 2.67 bits per heavy atom. The molecule has 0 spiro atoms. The highest BCUT2D eigenvalue weighted by Gasteiger charge is 2.02. The van der Waals surface area contributed by atoms with Crippen LogP contribution in [0.4, 0.5) is 0 Å². The molecule has 15 heavy (non-hydrogen) atoms. The molecule has 0 aliphatic heterocycles. The van der Waals surface area contributed by atoms with Crippen LogP contribution in [0.1, 0.15) is 17.5 Å². The van der Waals surface area contributed by atoms with E-state index in [4.69, 9.17) is 10.00 Å². The highest BCUT2D eigenvalue weighted by molar-refractivity contribution is 5.20. The van der Waals surface area contributed by atoms with E-state index in [2.05, 4.69) is 0 Å².